The van der Waals surface area contributed by atoms with Crippen LogP contribution < -0.4 is 0 Å². The predicted molar refractivity (Wildman–Crippen MR) is 76.9 cm³/mol. The Kier molecular flexibility index (Phi) is 4.61. The van der Waals surface area contributed by atoms with E-state index in [1.165, 1.54) is 18.2 Å². The molecule has 0 saturated heterocycles. The van der Waals surface area contributed by atoms with Crippen molar-refractivity contribution in [1.29, 1.82) is 0 Å². The van der Waals surface area contributed by atoms with Crippen LogP contribution in [0.1, 0.15) is 15.9 Å². The Balaban J connectivity index is 2.10. The molecule has 2 aromatic carbocycles. The number of esters is 1. The molecule has 0 fully saturated rings. The maximum atomic E-state index is 13.5. The van der Waals surface area contributed by atoms with E-state index in [2.05, 4.69) is 28.6 Å². The molecule has 0 aliphatic heterocycles. The highest BCUT2D eigenvalue weighted by Crippen LogP contribution is 2.19. The first-order valence-electron chi connectivity index (χ1n) is 5.47. The number of benzene rings is 2. The molecule has 0 aromatic heterocycles. The van der Waals surface area contributed by atoms with Gasteiger partial charge in [0.1, 0.15) is 12.4 Å². The van der Waals surface area contributed by atoms with Crippen LogP contribution in [0.3, 0.4) is 0 Å². The third-order valence-corrected chi connectivity index (χ3v) is 3.54. The second-order valence-corrected chi connectivity index (χ2v) is 5.20. The first-order valence-corrected chi connectivity index (χ1v) is 6.71. The molecule has 0 atom stereocenters. The average molecular weight is 341 g/mol. The zero-order valence-electron chi connectivity index (χ0n) is 9.77. The first kappa shape index (κ1) is 14.1. The number of carbonyl (C=O) groups is 1. The Morgan fingerprint density at radius 1 is 1.26 bits per heavy atom. The van der Waals surface area contributed by atoms with Gasteiger partial charge < -0.3 is 4.74 Å². The van der Waals surface area contributed by atoms with Gasteiger partial charge in [-0.3, -0.25) is 0 Å². The number of rotatable bonds is 3. The van der Waals surface area contributed by atoms with E-state index >= 15 is 0 Å². The maximum absolute atomic E-state index is 13.5. The van der Waals surface area contributed by atoms with Crippen molar-refractivity contribution in [2.45, 2.75) is 11.5 Å². The van der Waals surface area contributed by atoms with Crippen molar-refractivity contribution in [3.63, 3.8) is 0 Å². The average Bonchev–Trinajstić information content (AvgIpc) is 2.40. The van der Waals surface area contributed by atoms with Crippen molar-refractivity contribution in [3.8, 4) is 0 Å². The van der Waals surface area contributed by atoms with Gasteiger partial charge in [-0.1, -0.05) is 34.1 Å². The van der Waals surface area contributed by atoms with Crippen LogP contribution in [-0.2, 0) is 11.3 Å². The summed E-state index contributed by atoms with van der Waals surface area (Å²) in [4.78, 5) is 12.3. The third kappa shape index (κ3) is 3.58. The summed E-state index contributed by atoms with van der Waals surface area (Å²) < 4.78 is 19.4. The topological polar surface area (TPSA) is 26.3 Å². The van der Waals surface area contributed by atoms with Crippen molar-refractivity contribution in [2.24, 2.45) is 0 Å². The van der Waals surface area contributed by atoms with Gasteiger partial charge in [-0.05, 0) is 24.3 Å². The summed E-state index contributed by atoms with van der Waals surface area (Å²) >= 11 is 7.42. The second kappa shape index (κ2) is 6.21. The van der Waals surface area contributed by atoms with Crippen LogP contribution in [0.2, 0.25) is 0 Å². The number of halogens is 2. The molecule has 0 heterocycles. The summed E-state index contributed by atoms with van der Waals surface area (Å²) in [5.41, 5.74) is 0.706. The van der Waals surface area contributed by atoms with Crippen LogP contribution >= 0.6 is 28.6 Å². The molecule has 0 bridgehead atoms. The van der Waals surface area contributed by atoms with Crippen molar-refractivity contribution >= 4 is 34.5 Å². The molecule has 0 N–H and O–H groups in total. The lowest BCUT2D eigenvalue weighted by Crippen LogP contribution is -2.08. The molecule has 5 heteroatoms. The predicted octanol–water partition coefficient (Wildman–Crippen LogP) is 4.23. The van der Waals surface area contributed by atoms with E-state index in [1.54, 1.807) is 0 Å². The lowest BCUT2D eigenvalue weighted by atomic mass is 10.2. The highest BCUT2D eigenvalue weighted by molar-refractivity contribution is 9.10. The molecule has 19 heavy (non-hydrogen) atoms. The van der Waals surface area contributed by atoms with E-state index < -0.39 is 11.8 Å². The molecule has 0 saturated carbocycles. The highest BCUT2D eigenvalue weighted by atomic mass is 79.9. The molecule has 0 spiro atoms. The van der Waals surface area contributed by atoms with Gasteiger partial charge in [-0.15, -0.1) is 12.6 Å². The summed E-state index contributed by atoms with van der Waals surface area (Å²) in [5, 5.41) is 0. The van der Waals surface area contributed by atoms with E-state index in [9.17, 15) is 9.18 Å². The van der Waals surface area contributed by atoms with Crippen LogP contribution in [0, 0.1) is 5.82 Å². The molecule has 0 radical (unpaired) electrons. The van der Waals surface area contributed by atoms with Gasteiger partial charge in [-0.25, -0.2) is 9.18 Å². The third-order valence-electron chi connectivity index (χ3n) is 2.49. The van der Waals surface area contributed by atoms with E-state index in [0.29, 0.717) is 4.90 Å². The molecule has 2 nitrogen and oxygen atoms in total. The lowest BCUT2D eigenvalue weighted by molar-refractivity contribution is 0.0466. The molecule has 2 rings (SSSR count). The Morgan fingerprint density at radius 2 is 2.00 bits per heavy atom. The number of thiol groups is 1. The van der Waals surface area contributed by atoms with E-state index in [4.69, 9.17) is 4.74 Å². The van der Waals surface area contributed by atoms with Gasteiger partial charge in [0.05, 0.1) is 5.56 Å². The van der Waals surface area contributed by atoms with E-state index in [0.717, 1.165) is 10.0 Å². The highest BCUT2D eigenvalue weighted by Gasteiger charge is 2.14. The number of carbonyl (C=O) groups excluding carboxylic acids is 1. The molecule has 98 valence electrons. The molecule has 0 amide bonds. The summed E-state index contributed by atoms with van der Waals surface area (Å²) in [6.45, 7) is 0.0799. The lowest BCUT2D eigenvalue weighted by Gasteiger charge is -2.07. The molecule has 0 aliphatic rings. The van der Waals surface area contributed by atoms with Crippen molar-refractivity contribution < 1.29 is 13.9 Å². The van der Waals surface area contributed by atoms with Gasteiger partial charge in [0.15, 0.2) is 0 Å². The van der Waals surface area contributed by atoms with Crippen LogP contribution in [-0.4, -0.2) is 5.97 Å². The zero-order chi connectivity index (χ0) is 13.8. The molecular formula is C14H10BrFO2S. The fourth-order valence-corrected chi connectivity index (χ4v) is 2.11. The van der Waals surface area contributed by atoms with Gasteiger partial charge in [0.2, 0.25) is 0 Å². The van der Waals surface area contributed by atoms with E-state index in [-0.39, 0.29) is 12.2 Å². The number of hydrogen-bond acceptors (Lipinski definition) is 3. The van der Waals surface area contributed by atoms with E-state index in [1.807, 2.05) is 24.3 Å². The number of ether oxygens (including phenoxy) is 1. The van der Waals surface area contributed by atoms with Gasteiger partial charge in [-0.2, -0.15) is 0 Å². The Hall–Kier alpha value is -1.33. The maximum Gasteiger partial charge on any atom is 0.341 e. The number of hydrogen-bond donors (Lipinski definition) is 1. The van der Waals surface area contributed by atoms with Crippen molar-refractivity contribution in [1.82, 2.24) is 0 Å². The Labute approximate surface area is 124 Å². The first-order chi connectivity index (χ1) is 9.08. The summed E-state index contributed by atoms with van der Waals surface area (Å²) in [6, 6.07) is 11.4. The Morgan fingerprint density at radius 3 is 2.74 bits per heavy atom. The second-order valence-electron chi connectivity index (χ2n) is 3.83. The summed E-state index contributed by atoms with van der Waals surface area (Å²) in [5.74, 6) is -1.32. The van der Waals surface area contributed by atoms with Crippen LogP contribution in [0.15, 0.2) is 51.8 Å². The van der Waals surface area contributed by atoms with Crippen molar-refractivity contribution in [3.05, 3.63) is 63.9 Å². The normalized spacial score (nSPS) is 10.3. The van der Waals surface area contributed by atoms with Crippen LogP contribution in [0.25, 0.3) is 0 Å². The minimum absolute atomic E-state index is 0.0799. The summed E-state index contributed by atoms with van der Waals surface area (Å²) in [7, 11) is 0. The molecular weight excluding hydrogens is 331 g/mol. The quantitative estimate of drug-likeness (QED) is 0.668. The monoisotopic (exact) mass is 340 g/mol. The largest absolute Gasteiger partial charge is 0.457 e. The Bertz CT molecular complexity index is 616. The van der Waals surface area contributed by atoms with Crippen molar-refractivity contribution in [2.75, 3.05) is 0 Å². The fraction of sp³-hybridized carbons (Fsp3) is 0.0714. The van der Waals surface area contributed by atoms with Crippen LogP contribution in [0.4, 0.5) is 4.39 Å². The minimum Gasteiger partial charge on any atom is -0.457 e. The standard InChI is InChI=1S/C14H10BrFO2S/c15-12-4-2-1-3-9(12)8-18-14(17)11-7-10(19)5-6-13(11)16/h1-7,19H,8H2. The fourth-order valence-electron chi connectivity index (χ4n) is 1.51. The molecule has 2 aromatic rings. The SMILES string of the molecule is O=C(OCc1ccccc1Br)c1cc(S)ccc1F. The van der Waals surface area contributed by atoms with Gasteiger partial charge in [0, 0.05) is 14.9 Å². The summed E-state index contributed by atoms with van der Waals surface area (Å²) in [6.07, 6.45) is 0. The van der Waals surface area contributed by atoms with Crippen LogP contribution in [0.5, 0.6) is 0 Å². The molecule has 0 aliphatic carbocycles. The van der Waals surface area contributed by atoms with Gasteiger partial charge in [0.25, 0.3) is 0 Å². The smallest absolute Gasteiger partial charge is 0.341 e. The zero-order valence-corrected chi connectivity index (χ0v) is 12.2. The molecule has 0 unspecified atom stereocenters. The van der Waals surface area contributed by atoms with Gasteiger partial charge >= 0.3 is 5.97 Å². The minimum atomic E-state index is -0.704.